The molecule has 2 aromatic rings. The van der Waals surface area contributed by atoms with E-state index < -0.39 is 10.0 Å². The molecular formula is C23H29N3O4S. The van der Waals surface area contributed by atoms with Crippen molar-refractivity contribution >= 4 is 27.5 Å². The maximum Gasteiger partial charge on any atom is 0.251 e. The fraction of sp³-hybridized carbons (Fsp3) is 0.391. The van der Waals surface area contributed by atoms with Crippen LogP contribution in [-0.4, -0.2) is 39.1 Å². The summed E-state index contributed by atoms with van der Waals surface area (Å²) in [6, 6.07) is 14.4. The van der Waals surface area contributed by atoms with Crippen LogP contribution in [0.25, 0.3) is 0 Å². The van der Waals surface area contributed by atoms with Gasteiger partial charge in [0.15, 0.2) is 0 Å². The first kappa shape index (κ1) is 22.8. The summed E-state index contributed by atoms with van der Waals surface area (Å²) in [4.78, 5) is 24.3. The highest BCUT2D eigenvalue weighted by atomic mass is 32.2. The maximum absolute atomic E-state index is 12.3. The highest BCUT2D eigenvalue weighted by Gasteiger charge is 2.28. The summed E-state index contributed by atoms with van der Waals surface area (Å²) in [5.41, 5.74) is 3.13. The standard InChI is InChI=1S/C23H29N3O4S/c1-23(2,3)19-9-7-18(8-10-19)22(28)25-16-21(27)24-15-17-5-11-20(12-6-17)26-13-4-14-31(26,29)30/h5-12H,4,13-16H2,1-3H3,(H,24,27)(H,25,28). The fourth-order valence-corrected chi connectivity index (χ4v) is 4.92. The van der Waals surface area contributed by atoms with Gasteiger partial charge in [-0.05, 0) is 47.2 Å². The molecular weight excluding hydrogens is 414 g/mol. The molecule has 8 heteroatoms. The van der Waals surface area contributed by atoms with Crippen LogP contribution in [0.3, 0.4) is 0 Å². The van der Waals surface area contributed by atoms with Crippen molar-refractivity contribution < 1.29 is 18.0 Å². The Balaban J connectivity index is 1.46. The number of hydrogen-bond donors (Lipinski definition) is 2. The van der Waals surface area contributed by atoms with Gasteiger partial charge in [0.25, 0.3) is 5.91 Å². The van der Waals surface area contributed by atoms with Crippen LogP contribution in [0.1, 0.15) is 48.7 Å². The average Bonchev–Trinajstić information content (AvgIpc) is 3.09. The highest BCUT2D eigenvalue weighted by molar-refractivity contribution is 7.93. The summed E-state index contributed by atoms with van der Waals surface area (Å²) in [7, 11) is -3.20. The molecule has 1 aliphatic heterocycles. The highest BCUT2D eigenvalue weighted by Crippen LogP contribution is 2.24. The van der Waals surface area contributed by atoms with Gasteiger partial charge in [-0.25, -0.2) is 8.42 Å². The smallest absolute Gasteiger partial charge is 0.251 e. The monoisotopic (exact) mass is 443 g/mol. The second kappa shape index (κ2) is 9.09. The van der Waals surface area contributed by atoms with E-state index in [0.717, 1.165) is 11.1 Å². The molecule has 0 radical (unpaired) electrons. The summed E-state index contributed by atoms with van der Waals surface area (Å²) >= 11 is 0. The van der Waals surface area contributed by atoms with Gasteiger partial charge >= 0.3 is 0 Å². The van der Waals surface area contributed by atoms with E-state index in [1.54, 1.807) is 36.4 Å². The van der Waals surface area contributed by atoms with Crippen LogP contribution in [-0.2, 0) is 26.8 Å². The van der Waals surface area contributed by atoms with E-state index in [9.17, 15) is 18.0 Å². The number of rotatable bonds is 6. The molecule has 0 bridgehead atoms. The minimum atomic E-state index is -3.20. The van der Waals surface area contributed by atoms with Crippen molar-refractivity contribution in [2.75, 3.05) is 23.1 Å². The van der Waals surface area contributed by atoms with Crippen molar-refractivity contribution in [3.8, 4) is 0 Å². The lowest BCUT2D eigenvalue weighted by molar-refractivity contribution is -0.120. The Morgan fingerprint density at radius 2 is 1.61 bits per heavy atom. The van der Waals surface area contributed by atoms with E-state index in [-0.39, 0.29) is 29.5 Å². The van der Waals surface area contributed by atoms with Crippen LogP contribution >= 0.6 is 0 Å². The predicted molar refractivity (Wildman–Crippen MR) is 122 cm³/mol. The molecule has 0 unspecified atom stereocenters. The lowest BCUT2D eigenvalue weighted by Crippen LogP contribution is -2.36. The second-order valence-electron chi connectivity index (χ2n) is 8.69. The van der Waals surface area contributed by atoms with Crippen molar-refractivity contribution in [3.05, 3.63) is 65.2 Å². The zero-order valence-electron chi connectivity index (χ0n) is 18.1. The van der Waals surface area contributed by atoms with Crippen molar-refractivity contribution in [1.82, 2.24) is 10.6 Å². The minimum absolute atomic E-state index is 0.00975. The van der Waals surface area contributed by atoms with Gasteiger partial charge in [-0.15, -0.1) is 0 Å². The van der Waals surface area contributed by atoms with Gasteiger partial charge in [-0.1, -0.05) is 45.0 Å². The average molecular weight is 444 g/mol. The molecule has 1 fully saturated rings. The lowest BCUT2D eigenvalue weighted by Gasteiger charge is -2.19. The van der Waals surface area contributed by atoms with Crippen LogP contribution in [0.15, 0.2) is 48.5 Å². The molecule has 1 heterocycles. The van der Waals surface area contributed by atoms with Gasteiger partial charge in [0.1, 0.15) is 0 Å². The van der Waals surface area contributed by atoms with Gasteiger partial charge in [-0.3, -0.25) is 13.9 Å². The molecule has 31 heavy (non-hydrogen) atoms. The van der Waals surface area contributed by atoms with E-state index in [1.165, 1.54) is 4.31 Å². The van der Waals surface area contributed by atoms with E-state index in [1.807, 2.05) is 12.1 Å². The first-order valence-corrected chi connectivity index (χ1v) is 11.9. The molecule has 166 valence electrons. The fourth-order valence-electron chi connectivity index (χ4n) is 3.36. The number of sulfonamides is 1. The number of hydrogen-bond acceptors (Lipinski definition) is 4. The number of benzene rings is 2. The van der Waals surface area contributed by atoms with Crippen LogP contribution in [0.5, 0.6) is 0 Å². The number of nitrogens with one attached hydrogen (secondary N) is 2. The maximum atomic E-state index is 12.3. The molecule has 2 aromatic carbocycles. The number of nitrogens with zero attached hydrogens (tertiary/aromatic N) is 1. The molecule has 3 rings (SSSR count). The Morgan fingerprint density at radius 1 is 0.968 bits per heavy atom. The third-order valence-electron chi connectivity index (χ3n) is 5.24. The van der Waals surface area contributed by atoms with Crippen LogP contribution in [0.4, 0.5) is 5.69 Å². The molecule has 1 aliphatic rings. The number of anilines is 1. The summed E-state index contributed by atoms with van der Waals surface area (Å²) in [5, 5.41) is 5.38. The van der Waals surface area contributed by atoms with Crippen molar-refractivity contribution in [2.24, 2.45) is 0 Å². The van der Waals surface area contributed by atoms with Crippen LogP contribution in [0, 0.1) is 0 Å². The molecule has 0 saturated carbocycles. The van der Waals surface area contributed by atoms with Gasteiger partial charge < -0.3 is 10.6 Å². The molecule has 0 aliphatic carbocycles. The van der Waals surface area contributed by atoms with Gasteiger partial charge in [-0.2, -0.15) is 0 Å². The Bertz CT molecular complexity index is 1040. The number of amides is 2. The molecule has 2 N–H and O–H groups in total. The third-order valence-corrected chi connectivity index (χ3v) is 7.11. The van der Waals surface area contributed by atoms with E-state index in [0.29, 0.717) is 30.8 Å². The molecule has 1 saturated heterocycles. The Morgan fingerprint density at radius 3 is 2.16 bits per heavy atom. The van der Waals surface area contributed by atoms with E-state index in [4.69, 9.17) is 0 Å². The van der Waals surface area contributed by atoms with Crippen LogP contribution in [0.2, 0.25) is 0 Å². The Kier molecular flexibility index (Phi) is 6.69. The number of carbonyl (C=O) groups is 2. The predicted octanol–water partition coefficient (Wildman–Crippen LogP) is 2.57. The topological polar surface area (TPSA) is 95.6 Å². The summed E-state index contributed by atoms with van der Waals surface area (Å²) in [5.74, 6) is -0.422. The zero-order valence-corrected chi connectivity index (χ0v) is 19.0. The molecule has 7 nitrogen and oxygen atoms in total. The van der Waals surface area contributed by atoms with Crippen molar-refractivity contribution in [1.29, 1.82) is 0 Å². The minimum Gasteiger partial charge on any atom is -0.350 e. The van der Waals surface area contributed by atoms with E-state index >= 15 is 0 Å². The lowest BCUT2D eigenvalue weighted by atomic mass is 9.87. The summed E-state index contributed by atoms with van der Waals surface area (Å²) in [6.45, 7) is 6.99. The summed E-state index contributed by atoms with van der Waals surface area (Å²) in [6.07, 6.45) is 0.632. The number of carbonyl (C=O) groups excluding carboxylic acids is 2. The Hall–Kier alpha value is -2.87. The quantitative estimate of drug-likeness (QED) is 0.717. The van der Waals surface area contributed by atoms with Gasteiger partial charge in [0, 0.05) is 18.7 Å². The van der Waals surface area contributed by atoms with Gasteiger partial charge in [0.2, 0.25) is 15.9 Å². The summed E-state index contributed by atoms with van der Waals surface area (Å²) < 4.78 is 25.4. The first-order valence-electron chi connectivity index (χ1n) is 10.3. The largest absolute Gasteiger partial charge is 0.350 e. The SMILES string of the molecule is CC(C)(C)c1ccc(C(=O)NCC(=O)NCc2ccc(N3CCCS3(=O)=O)cc2)cc1. The third kappa shape index (κ3) is 5.85. The van der Waals surface area contributed by atoms with Gasteiger partial charge in [0.05, 0.1) is 18.0 Å². The zero-order chi connectivity index (χ0) is 22.6. The second-order valence-corrected chi connectivity index (χ2v) is 10.7. The molecule has 0 aromatic heterocycles. The first-order chi connectivity index (χ1) is 14.6. The molecule has 0 spiro atoms. The molecule has 0 atom stereocenters. The normalized spacial score (nSPS) is 15.5. The van der Waals surface area contributed by atoms with E-state index in [2.05, 4.69) is 31.4 Å². The molecule has 2 amide bonds. The van der Waals surface area contributed by atoms with Crippen molar-refractivity contribution in [3.63, 3.8) is 0 Å². The van der Waals surface area contributed by atoms with Crippen molar-refractivity contribution in [2.45, 2.75) is 39.2 Å². The Labute approximate surface area is 183 Å². The van der Waals surface area contributed by atoms with Crippen LogP contribution < -0.4 is 14.9 Å².